The van der Waals surface area contributed by atoms with Crippen LogP contribution in [-0.2, 0) is 19.1 Å². The smallest absolute Gasteiger partial charge is 0.248 e. The maximum Gasteiger partial charge on any atom is 0.248 e. The van der Waals surface area contributed by atoms with E-state index in [9.17, 15) is 9.59 Å². The summed E-state index contributed by atoms with van der Waals surface area (Å²) in [6, 6.07) is 3.95. The van der Waals surface area contributed by atoms with Gasteiger partial charge in [-0.15, -0.1) is 0 Å². The maximum absolute atomic E-state index is 12.6. The number of pyridine rings is 1. The summed E-state index contributed by atoms with van der Waals surface area (Å²) in [7, 11) is 0. The van der Waals surface area contributed by atoms with Crippen LogP contribution in [-0.4, -0.2) is 82.6 Å². The van der Waals surface area contributed by atoms with E-state index in [1.165, 1.54) is 6.33 Å². The molecule has 0 N–H and O–H groups in total. The number of ether oxygens (including phenoxy) is 2. The van der Waals surface area contributed by atoms with Crippen LogP contribution in [0.2, 0.25) is 0 Å². The van der Waals surface area contributed by atoms with Gasteiger partial charge < -0.3 is 19.3 Å². The van der Waals surface area contributed by atoms with Gasteiger partial charge in [-0.1, -0.05) is 0 Å². The highest BCUT2D eigenvalue weighted by atomic mass is 16.5. The van der Waals surface area contributed by atoms with Crippen molar-refractivity contribution in [3.63, 3.8) is 0 Å². The molecule has 0 saturated carbocycles. The van der Waals surface area contributed by atoms with Crippen LogP contribution in [0.3, 0.4) is 0 Å². The SMILES string of the molecule is Cc1cc(-c2cncnc2)cc([C@@H]2CN(C(=O)COCCN3CCCC3=O)CCO2)n1. The Labute approximate surface area is 181 Å². The van der Waals surface area contributed by atoms with Crippen molar-refractivity contribution in [3.8, 4) is 11.1 Å². The monoisotopic (exact) mass is 425 g/mol. The summed E-state index contributed by atoms with van der Waals surface area (Å²) in [5.41, 5.74) is 3.52. The molecule has 4 heterocycles. The molecular formula is C22H27N5O4. The van der Waals surface area contributed by atoms with E-state index in [1.54, 1.807) is 22.2 Å². The van der Waals surface area contributed by atoms with Crippen molar-refractivity contribution in [1.29, 1.82) is 0 Å². The van der Waals surface area contributed by atoms with E-state index in [2.05, 4.69) is 15.0 Å². The molecule has 9 nitrogen and oxygen atoms in total. The lowest BCUT2D eigenvalue weighted by Crippen LogP contribution is -2.44. The third-order valence-corrected chi connectivity index (χ3v) is 5.52. The number of aromatic nitrogens is 3. The fourth-order valence-corrected chi connectivity index (χ4v) is 3.89. The lowest BCUT2D eigenvalue weighted by Gasteiger charge is -2.33. The number of aryl methyl sites for hydroxylation is 1. The first-order valence-electron chi connectivity index (χ1n) is 10.6. The minimum Gasteiger partial charge on any atom is -0.370 e. The van der Waals surface area contributed by atoms with Gasteiger partial charge in [-0.2, -0.15) is 0 Å². The summed E-state index contributed by atoms with van der Waals surface area (Å²) in [5, 5.41) is 0. The van der Waals surface area contributed by atoms with Crippen molar-refractivity contribution in [2.24, 2.45) is 0 Å². The molecule has 0 aliphatic carbocycles. The first-order valence-corrected chi connectivity index (χ1v) is 10.6. The Morgan fingerprint density at radius 3 is 2.84 bits per heavy atom. The number of amides is 2. The molecule has 0 unspecified atom stereocenters. The van der Waals surface area contributed by atoms with Gasteiger partial charge in [-0.25, -0.2) is 9.97 Å². The van der Waals surface area contributed by atoms with Crippen molar-refractivity contribution in [1.82, 2.24) is 24.8 Å². The summed E-state index contributed by atoms with van der Waals surface area (Å²) in [6.45, 7) is 5.01. The van der Waals surface area contributed by atoms with Crippen LogP contribution in [0.4, 0.5) is 0 Å². The van der Waals surface area contributed by atoms with Crippen molar-refractivity contribution < 1.29 is 19.1 Å². The summed E-state index contributed by atoms with van der Waals surface area (Å²) in [6.07, 6.45) is 6.23. The van der Waals surface area contributed by atoms with Crippen molar-refractivity contribution in [2.75, 3.05) is 46.0 Å². The topological polar surface area (TPSA) is 97.8 Å². The third kappa shape index (κ3) is 5.42. The molecule has 2 fully saturated rings. The summed E-state index contributed by atoms with van der Waals surface area (Å²) in [4.78, 5) is 40.6. The zero-order valence-electron chi connectivity index (χ0n) is 17.7. The summed E-state index contributed by atoms with van der Waals surface area (Å²) >= 11 is 0. The van der Waals surface area contributed by atoms with Gasteiger partial charge in [-0.3, -0.25) is 14.6 Å². The standard InChI is InChI=1S/C22H27N5O4/c1-16-9-17(18-11-23-15-24-12-18)10-19(25-16)20-13-27(6-8-31-20)22(29)14-30-7-5-26-4-2-3-21(26)28/h9-12,15,20H,2-8,13-14H2,1H3/t20-/m0/s1. The molecule has 31 heavy (non-hydrogen) atoms. The van der Waals surface area contributed by atoms with Gasteiger partial charge in [0.1, 0.15) is 19.0 Å². The normalized spacial score (nSPS) is 19.1. The quantitative estimate of drug-likeness (QED) is 0.618. The van der Waals surface area contributed by atoms with Crippen LogP contribution in [0.5, 0.6) is 0 Å². The molecule has 2 aliphatic heterocycles. The van der Waals surface area contributed by atoms with Gasteiger partial charge >= 0.3 is 0 Å². The highest BCUT2D eigenvalue weighted by Crippen LogP contribution is 2.26. The van der Waals surface area contributed by atoms with Gasteiger partial charge in [0.25, 0.3) is 0 Å². The zero-order valence-corrected chi connectivity index (χ0v) is 17.7. The Balaban J connectivity index is 1.33. The molecule has 1 atom stereocenters. The molecule has 2 amide bonds. The number of rotatable bonds is 7. The third-order valence-electron chi connectivity index (χ3n) is 5.52. The molecule has 2 saturated heterocycles. The number of likely N-dealkylation sites (tertiary alicyclic amines) is 1. The molecule has 9 heteroatoms. The Bertz CT molecular complexity index is 923. The average Bonchev–Trinajstić information content (AvgIpc) is 3.21. The predicted molar refractivity (Wildman–Crippen MR) is 112 cm³/mol. The molecule has 2 aromatic rings. The Morgan fingerprint density at radius 2 is 2.06 bits per heavy atom. The maximum atomic E-state index is 12.6. The lowest BCUT2D eigenvalue weighted by atomic mass is 10.1. The number of carbonyl (C=O) groups excluding carboxylic acids is 2. The van der Waals surface area contributed by atoms with E-state index < -0.39 is 0 Å². The first kappa shape index (κ1) is 21.3. The highest BCUT2D eigenvalue weighted by Gasteiger charge is 2.27. The average molecular weight is 425 g/mol. The molecule has 164 valence electrons. The van der Waals surface area contributed by atoms with Crippen molar-refractivity contribution >= 4 is 11.8 Å². The molecule has 2 aliphatic rings. The van der Waals surface area contributed by atoms with Crippen molar-refractivity contribution in [3.05, 3.63) is 42.2 Å². The molecule has 0 bridgehead atoms. The summed E-state index contributed by atoms with van der Waals surface area (Å²) in [5.74, 6) is 0.0865. The molecular weight excluding hydrogens is 398 g/mol. The number of hydrogen-bond acceptors (Lipinski definition) is 7. The van der Waals surface area contributed by atoms with Gasteiger partial charge in [0.05, 0.1) is 25.5 Å². The van der Waals surface area contributed by atoms with Crippen LogP contribution in [0.15, 0.2) is 30.9 Å². The Morgan fingerprint density at radius 1 is 1.23 bits per heavy atom. The van der Waals surface area contributed by atoms with Gasteiger partial charge in [-0.05, 0) is 31.0 Å². The first-order chi connectivity index (χ1) is 15.1. The van der Waals surface area contributed by atoms with E-state index in [-0.39, 0.29) is 24.5 Å². The van der Waals surface area contributed by atoms with Crippen LogP contribution >= 0.6 is 0 Å². The van der Waals surface area contributed by atoms with Crippen molar-refractivity contribution in [2.45, 2.75) is 25.9 Å². The summed E-state index contributed by atoms with van der Waals surface area (Å²) < 4.78 is 11.5. The predicted octanol–water partition coefficient (Wildman–Crippen LogP) is 1.39. The number of carbonyl (C=O) groups is 2. The van der Waals surface area contributed by atoms with E-state index in [0.717, 1.165) is 35.5 Å². The van der Waals surface area contributed by atoms with Crippen LogP contribution in [0.1, 0.15) is 30.3 Å². The minimum absolute atomic E-state index is 0.00258. The largest absolute Gasteiger partial charge is 0.370 e. The Hall–Kier alpha value is -2.91. The molecule has 4 rings (SSSR count). The van der Waals surface area contributed by atoms with Crippen LogP contribution < -0.4 is 0 Å². The van der Waals surface area contributed by atoms with E-state index in [1.807, 2.05) is 19.1 Å². The Kier molecular flexibility index (Phi) is 6.83. The molecule has 0 aromatic carbocycles. The van der Waals surface area contributed by atoms with E-state index in [4.69, 9.17) is 9.47 Å². The second-order valence-corrected chi connectivity index (χ2v) is 7.79. The minimum atomic E-state index is -0.303. The lowest BCUT2D eigenvalue weighted by molar-refractivity contribution is -0.144. The fourth-order valence-electron chi connectivity index (χ4n) is 3.89. The fraction of sp³-hybridized carbons (Fsp3) is 0.500. The second kappa shape index (κ2) is 9.93. The zero-order chi connectivity index (χ0) is 21.6. The second-order valence-electron chi connectivity index (χ2n) is 7.79. The van der Waals surface area contributed by atoms with E-state index >= 15 is 0 Å². The number of nitrogens with zero attached hydrogens (tertiary/aromatic N) is 5. The number of hydrogen-bond donors (Lipinski definition) is 0. The van der Waals surface area contributed by atoms with Gasteiger partial charge in [0, 0.05) is 49.7 Å². The van der Waals surface area contributed by atoms with E-state index in [0.29, 0.717) is 39.3 Å². The number of morpholine rings is 1. The molecule has 2 aromatic heterocycles. The highest BCUT2D eigenvalue weighted by molar-refractivity contribution is 5.78. The van der Waals surface area contributed by atoms with Crippen LogP contribution in [0, 0.1) is 6.92 Å². The van der Waals surface area contributed by atoms with Gasteiger partial charge in [0.15, 0.2) is 0 Å². The molecule has 0 radical (unpaired) electrons. The van der Waals surface area contributed by atoms with Gasteiger partial charge in [0.2, 0.25) is 11.8 Å². The molecule has 0 spiro atoms. The van der Waals surface area contributed by atoms with Crippen LogP contribution in [0.25, 0.3) is 11.1 Å².